The van der Waals surface area contributed by atoms with Crippen LogP contribution in [0.1, 0.15) is 23.0 Å². The van der Waals surface area contributed by atoms with Gasteiger partial charge in [0.25, 0.3) is 5.91 Å². The van der Waals surface area contributed by atoms with Crippen molar-refractivity contribution < 1.29 is 9.53 Å². The number of benzene rings is 1. The number of hydrogen-bond acceptors (Lipinski definition) is 5. The molecule has 0 saturated carbocycles. The highest BCUT2D eigenvalue weighted by molar-refractivity contribution is 7.19. The summed E-state index contributed by atoms with van der Waals surface area (Å²) in [4.78, 5) is 13.0. The highest BCUT2D eigenvalue weighted by Gasteiger charge is 2.12. The first kappa shape index (κ1) is 17.2. The maximum absolute atomic E-state index is 12.1. The molecule has 2 N–H and O–H groups in total. The third-order valence-electron chi connectivity index (χ3n) is 3.24. The first-order valence-corrected chi connectivity index (χ1v) is 8.73. The number of rotatable bonds is 6. The number of para-hydroxylation sites is 1. The van der Waals surface area contributed by atoms with Gasteiger partial charge in [-0.05, 0) is 37.3 Å². The lowest BCUT2D eigenvalue weighted by Crippen LogP contribution is -2.18. The average Bonchev–Trinajstić information content (AvgIpc) is 3.25. The van der Waals surface area contributed by atoms with Crippen LogP contribution < -0.4 is 10.2 Å². The first-order valence-electron chi connectivity index (χ1n) is 7.53. The molecular weight excluding hydrogens is 360 g/mol. The van der Waals surface area contributed by atoms with E-state index in [1.165, 1.54) is 17.6 Å². The van der Waals surface area contributed by atoms with Gasteiger partial charge in [0.2, 0.25) is 0 Å². The number of nitrogens with one attached hydrogen (secondary N) is 2. The van der Waals surface area contributed by atoms with E-state index < -0.39 is 5.91 Å². The molecule has 0 saturated heterocycles. The van der Waals surface area contributed by atoms with E-state index in [2.05, 4.69) is 20.7 Å². The number of thiophene rings is 1. The molecule has 0 aliphatic carbocycles. The Morgan fingerprint density at radius 1 is 1.40 bits per heavy atom. The van der Waals surface area contributed by atoms with Crippen LogP contribution in [0.2, 0.25) is 4.34 Å². The maximum atomic E-state index is 12.1. The van der Waals surface area contributed by atoms with Gasteiger partial charge in [-0.2, -0.15) is 10.2 Å². The summed E-state index contributed by atoms with van der Waals surface area (Å²) in [7, 11) is 0. The highest BCUT2D eigenvalue weighted by atomic mass is 35.5. The van der Waals surface area contributed by atoms with Crippen LogP contribution in [0.4, 0.5) is 0 Å². The second kappa shape index (κ2) is 7.96. The van der Waals surface area contributed by atoms with E-state index in [9.17, 15) is 4.79 Å². The SMILES string of the molecule is CCOc1ccccc1C=NNC(=O)c1cc(-c2ccc(Cl)s2)[nH]n1. The number of carbonyl (C=O) groups is 1. The lowest BCUT2D eigenvalue weighted by molar-refractivity contribution is 0.0950. The molecule has 128 valence electrons. The van der Waals surface area contributed by atoms with Gasteiger partial charge >= 0.3 is 0 Å². The number of H-pyrrole nitrogens is 1. The van der Waals surface area contributed by atoms with Crippen molar-refractivity contribution in [3.05, 3.63) is 58.1 Å². The van der Waals surface area contributed by atoms with Gasteiger partial charge in [0.1, 0.15) is 5.75 Å². The Hall–Kier alpha value is -2.64. The zero-order chi connectivity index (χ0) is 17.6. The Kier molecular flexibility index (Phi) is 5.47. The molecule has 0 atom stereocenters. The molecule has 0 aliphatic rings. The molecule has 3 aromatic rings. The number of hydrogen-bond donors (Lipinski definition) is 2. The van der Waals surface area contributed by atoms with Gasteiger partial charge in [-0.1, -0.05) is 23.7 Å². The Morgan fingerprint density at radius 3 is 3.00 bits per heavy atom. The summed E-state index contributed by atoms with van der Waals surface area (Å²) in [6.07, 6.45) is 1.54. The fourth-order valence-electron chi connectivity index (χ4n) is 2.12. The van der Waals surface area contributed by atoms with Gasteiger partial charge in [-0.15, -0.1) is 11.3 Å². The predicted molar refractivity (Wildman–Crippen MR) is 99.6 cm³/mol. The molecule has 1 amide bonds. The normalized spacial score (nSPS) is 11.0. The van der Waals surface area contributed by atoms with Gasteiger partial charge in [0.05, 0.1) is 27.7 Å². The number of nitrogens with zero attached hydrogens (tertiary/aromatic N) is 2. The van der Waals surface area contributed by atoms with Crippen LogP contribution in [0.15, 0.2) is 47.6 Å². The summed E-state index contributed by atoms with van der Waals surface area (Å²) in [5.74, 6) is 0.301. The smallest absolute Gasteiger partial charge is 0.291 e. The van der Waals surface area contributed by atoms with Gasteiger partial charge in [0, 0.05) is 5.56 Å². The monoisotopic (exact) mass is 374 g/mol. The minimum Gasteiger partial charge on any atom is -0.493 e. The molecule has 1 aromatic carbocycles. The molecule has 6 nitrogen and oxygen atoms in total. The van der Waals surface area contributed by atoms with Crippen LogP contribution in [-0.2, 0) is 0 Å². The predicted octanol–water partition coefficient (Wildman–Crippen LogP) is 3.95. The van der Waals surface area contributed by atoms with Crippen LogP contribution in [0, 0.1) is 0 Å². The average molecular weight is 375 g/mol. The molecule has 0 fully saturated rings. The largest absolute Gasteiger partial charge is 0.493 e. The van der Waals surface area contributed by atoms with Gasteiger partial charge in [-0.25, -0.2) is 5.43 Å². The zero-order valence-electron chi connectivity index (χ0n) is 13.3. The molecular formula is C17H15ClN4O2S. The maximum Gasteiger partial charge on any atom is 0.291 e. The summed E-state index contributed by atoms with van der Waals surface area (Å²) in [6, 6.07) is 12.8. The molecule has 25 heavy (non-hydrogen) atoms. The van der Waals surface area contributed by atoms with Gasteiger partial charge in [-0.3, -0.25) is 9.89 Å². The summed E-state index contributed by atoms with van der Waals surface area (Å²) in [5.41, 5.74) is 4.21. The van der Waals surface area contributed by atoms with Crippen LogP contribution in [0.25, 0.3) is 10.6 Å². The molecule has 3 rings (SSSR count). The van der Waals surface area contributed by atoms with E-state index in [0.29, 0.717) is 16.7 Å². The van der Waals surface area contributed by atoms with Crippen molar-refractivity contribution in [2.24, 2.45) is 5.10 Å². The van der Waals surface area contributed by atoms with Crippen molar-refractivity contribution in [1.82, 2.24) is 15.6 Å². The number of aromatic amines is 1. The molecule has 0 spiro atoms. The zero-order valence-corrected chi connectivity index (χ0v) is 14.9. The quantitative estimate of drug-likeness (QED) is 0.506. The number of hydrazone groups is 1. The summed E-state index contributed by atoms with van der Waals surface area (Å²) in [6.45, 7) is 2.46. The van der Waals surface area contributed by atoms with Crippen LogP contribution >= 0.6 is 22.9 Å². The van der Waals surface area contributed by atoms with Gasteiger partial charge in [0.15, 0.2) is 5.69 Å². The number of aromatic nitrogens is 2. The minimum atomic E-state index is -0.407. The fraction of sp³-hybridized carbons (Fsp3) is 0.118. The Morgan fingerprint density at radius 2 is 2.24 bits per heavy atom. The Labute approximate surface area is 153 Å². The van der Waals surface area contributed by atoms with E-state index in [1.807, 2.05) is 37.3 Å². The Balaban J connectivity index is 1.66. The van der Waals surface area contributed by atoms with Crippen LogP contribution in [0.3, 0.4) is 0 Å². The van der Waals surface area contributed by atoms with Crippen LogP contribution in [0.5, 0.6) is 5.75 Å². The van der Waals surface area contributed by atoms with Crippen molar-refractivity contribution in [3.8, 4) is 16.3 Å². The van der Waals surface area contributed by atoms with E-state index in [0.717, 1.165) is 16.1 Å². The van der Waals surface area contributed by atoms with Crippen molar-refractivity contribution in [1.29, 1.82) is 0 Å². The van der Waals surface area contributed by atoms with Gasteiger partial charge < -0.3 is 4.74 Å². The standard InChI is InChI=1S/C17H15ClN4O2S/c1-2-24-14-6-4-3-5-11(14)10-19-22-17(23)13-9-12(20-21-13)15-7-8-16(18)25-15/h3-10H,2H2,1H3,(H,20,21)(H,22,23). The summed E-state index contributed by atoms with van der Waals surface area (Å²) >= 11 is 7.32. The molecule has 2 heterocycles. The van der Waals surface area contributed by atoms with Crippen molar-refractivity contribution >= 4 is 35.1 Å². The lowest BCUT2D eigenvalue weighted by atomic mass is 10.2. The van der Waals surface area contributed by atoms with Crippen molar-refractivity contribution in [2.75, 3.05) is 6.61 Å². The summed E-state index contributed by atoms with van der Waals surface area (Å²) < 4.78 is 6.18. The van der Waals surface area contributed by atoms with E-state index in [1.54, 1.807) is 12.1 Å². The Bertz CT molecular complexity index is 903. The van der Waals surface area contributed by atoms with Crippen LogP contribution in [-0.4, -0.2) is 28.9 Å². The second-order valence-electron chi connectivity index (χ2n) is 4.94. The second-order valence-corrected chi connectivity index (χ2v) is 6.66. The lowest BCUT2D eigenvalue weighted by Gasteiger charge is -2.05. The van der Waals surface area contributed by atoms with Crippen molar-refractivity contribution in [3.63, 3.8) is 0 Å². The highest BCUT2D eigenvalue weighted by Crippen LogP contribution is 2.29. The number of amides is 1. The topological polar surface area (TPSA) is 79.4 Å². The number of carbonyl (C=O) groups excluding carboxylic acids is 1. The molecule has 0 aliphatic heterocycles. The van der Waals surface area contributed by atoms with Crippen molar-refractivity contribution in [2.45, 2.75) is 6.92 Å². The molecule has 0 bridgehead atoms. The molecule has 0 radical (unpaired) electrons. The number of halogens is 1. The molecule has 8 heteroatoms. The van der Waals surface area contributed by atoms with E-state index in [4.69, 9.17) is 16.3 Å². The van der Waals surface area contributed by atoms with E-state index >= 15 is 0 Å². The first-order chi connectivity index (χ1) is 12.2. The molecule has 0 unspecified atom stereocenters. The fourth-order valence-corrected chi connectivity index (χ4v) is 3.12. The third-order valence-corrected chi connectivity index (χ3v) is 4.50. The summed E-state index contributed by atoms with van der Waals surface area (Å²) in [5, 5.41) is 10.8. The third kappa shape index (κ3) is 4.26. The minimum absolute atomic E-state index is 0.245. The number of ether oxygens (including phenoxy) is 1. The molecule has 2 aromatic heterocycles. The van der Waals surface area contributed by atoms with E-state index in [-0.39, 0.29) is 5.69 Å².